The lowest BCUT2D eigenvalue weighted by Gasteiger charge is -2.44. The fraction of sp³-hybridized carbons (Fsp3) is 0.800. The first kappa shape index (κ1) is 7.35. The van der Waals surface area contributed by atoms with Gasteiger partial charge in [0.2, 0.25) is 0 Å². The highest BCUT2D eigenvalue weighted by molar-refractivity contribution is 5.12. The van der Waals surface area contributed by atoms with E-state index in [0.29, 0.717) is 5.41 Å². The van der Waals surface area contributed by atoms with Crippen molar-refractivity contribution in [2.75, 3.05) is 13.2 Å². The Morgan fingerprint density at radius 3 is 2.55 bits per heavy atom. The average molecular weight is 152 g/mol. The second-order valence-corrected chi connectivity index (χ2v) is 4.26. The molecule has 0 bridgehead atoms. The molecule has 1 aliphatic heterocycles. The Hall–Kier alpha value is -0.300. The second-order valence-electron chi connectivity index (χ2n) is 4.26. The Kier molecular flexibility index (Phi) is 1.57. The predicted octanol–water partition coefficient (Wildman–Crippen LogP) is 2.24. The Labute approximate surface area is 68.4 Å². The van der Waals surface area contributed by atoms with E-state index in [2.05, 4.69) is 26.0 Å². The van der Waals surface area contributed by atoms with Gasteiger partial charge in [-0.05, 0) is 18.3 Å². The fourth-order valence-corrected chi connectivity index (χ4v) is 2.39. The highest BCUT2D eigenvalue weighted by Crippen LogP contribution is 2.47. The smallest absolute Gasteiger partial charge is 0.0553 e. The van der Waals surface area contributed by atoms with Crippen molar-refractivity contribution in [3.8, 4) is 0 Å². The zero-order valence-electron chi connectivity index (χ0n) is 7.34. The summed E-state index contributed by atoms with van der Waals surface area (Å²) in [5, 5.41) is 0. The van der Waals surface area contributed by atoms with E-state index < -0.39 is 0 Å². The molecule has 0 aromatic carbocycles. The predicted molar refractivity (Wildman–Crippen MR) is 45.3 cm³/mol. The maximum absolute atomic E-state index is 5.30. The van der Waals surface area contributed by atoms with Crippen LogP contribution in [0, 0.1) is 17.3 Å². The van der Waals surface area contributed by atoms with Crippen LogP contribution < -0.4 is 0 Å². The molecule has 2 aliphatic rings. The number of hydrogen-bond acceptors (Lipinski definition) is 1. The maximum Gasteiger partial charge on any atom is 0.0553 e. The van der Waals surface area contributed by atoms with Gasteiger partial charge in [0.1, 0.15) is 0 Å². The standard InChI is InChI=1S/C10H16O/c1-8(2)9-4-3-5-10(9)6-11-7-10/h3-4,8-9H,5-7H2,1-2H3. The maximum atomic E-state index is 5.30. The molecule has 0 saturated carbocycles. The average Bonchev–Trinajstić information content (AvgIpc) is 2.27. The Balaban J connectivity index is 2.12. The van der Waals surface area contributed by atoms with Crippen LogP contribution in [0.3, 0.4) is 0 Å². The van der Waals surface area contributed by atoms with Crippen molar-refractivity contribution >= 4 is 0 Å². The minimum Gasteiger partial charge on any atom is -0.380 e. The molecule has 1 heterocycles. The van der Waals surface area contributed by atoms with Gasteiger partial charge in [0.15, 0.2) is 0 Å². The van der Waals surface area contributed by atoms with E-state index in [1.165, 1.54) is 6.42 Å². The van der Waals surface area contributed by atoms with Crippen LogP contribution >= 0.6 is 0 Å². The minimum atomic E-state index is 0.522. The highest BCUT2D eigenvalue weighted by atomic mass is 16.5. The van der Waals surface area contributed by atoms with Crippen molar-refractivity contribution in [1.29, 1.82) is 0 Å². The van der Waals surface area contributed by atoms with Gasteiger partial charge in [-0.1, -0.05) is 26.0 Å². The highest BCUT2D eigenvalue weighted by Gasteiger charge is 2.47. The van der Waals surface area contributed by atoms with Gasteiger partial charge in [-0.25, -0.2) is 0 Å². The summed E-state index contributed by atoms with van der Waals surface area (Å²) in [6, 6.07) is 0. The first-order valence-corrected chi connectivity index (χ1v) is 4.49. The van der Waals surface area contributed by atoms with Gasteiger partial charge in [-0.2, -0.15) is 0 Å². The lowest BCUT2D eigenvalue weighted by molar-refractivity contribution is -0.136. The number of hydrogen-bond donors (Lipinski definition) is 0. The summed E-state index contributed by atoms with van der Waals surface area (Å²) in [4.78, 5) is 0. The molecule has 1 heteroatoms. The van der Waals surface area contributed by atoms with Crippen molar-refractivity contribution in [1.82, 2.24) is 0 Å². The molecule has 1 unspecified atom stereocenters. The summed E-state index contributed by atoms with van der Waals surface area (Å²) >= 11 is 0. The van der Waals surface area contributed by atoms with Gasteiger partial charge in [0, 0.05) is 5.41 Å². The molecule has 0 aromatic heterocycles. The summed E-state index contributed by atoms with van der Waals surface area (Å²) in [7, 11) is 0. The molecule has 0 aromatic rings. The molecule has 2 rings (SSSR count). The van der Waals surface area contributed by atoms with Gasteiger partial charge in [0.25, 0.3) is 0 Å². The van der Waals surface area contributed by atoms with E-state index in [9.17, 15) is 0 Å². The Morgan fingerprint density at radius 1 is 1.45 bits per heavy atom. The van der Waals surface area contributed by atoms with Crippen LogP contribution in [-0.2, 0) is 4.74 Å². The zero-order valence-corrected chi connectivity index (χ0v) is 7.34. The summed E-state index contributed by atoms with van der Waals surface area (Å²) in [5.41, 5.74) is 0.522. The summed E-state index contributed by atoms with van der Waals surface area (Å²) in [6.07, 6.45) is 5.95. The molecule has 62 valence electrons. The molecule has 1 fully saturated rings. The minimum absolute atomic E-state index is 0.522. The van der Waals surface area contributed by atoms with E-state index in [-0.39, 0.29) is 0 Å². The van der Waals surface area contributed by atoms with Crippen LogP contribution in [0.15, 0.2) is 12.2 Å². The van der Waals surface area contributed by atoms with Gasteiger partial charge in [-0.3, -0.25) is 0 Å². The van der Waals surface area contributed by atoms with Crippen LogP contribution in [0.5, 0.6) is 0 Å². The Bertz CT molecular complexity index is 177. The van der Waals surface area contributed by atoms with E-state index in [1.807, 2.05) is 0 Å². The molecule has 1 atom stereocenters. The van der Waals surface area contributed by atoms with Crippen LogP contribution in [0.1, 0.15) is 20.3 Å². The molecule has 0 amide bonds. The van der Waals surface area contributed by atoms with Crippen molar-refractivity contribution in [3.05, 3.63) is 12.2 Å². The summed E-state index contributed by atoms with van der Waals surface area (Å²) < 4.78 is 5.30. The molecule has 0 radical (unpaired) electrons. The van der Waals surface area contributed by atoms with E-state index >= 15 is 0 Å². The van der Waals surface area contributed by atoms with Gasteiger partial charge in [0.05, 0.1) is 13.2 Å². The van der Waals surface area contributed by atoms with Crippen LogP contribution in [0.25, 0.3) is 0 Å². The van der Waals surface area contributed by atoms with Crippen molar-refractivity contribution in [2.45, 2.75) is 20.3 Å². The Morgan fingerprint density at radius 2 is 2.18 bits per heavy atom. The summed E-state index contributed by atoms with van der Waals surface area (Å²) in [6.45, 7) is 6.59. The molecule has 1 nitrogen and oxygen atoms in total. The summed E-state index contributed by atoms with van der Waals surface area (Å²) in [5.74, 6) is 1.55. The third-order valence-electron chi connectivity index (χ3n) is 3.07. The monoisotopic (exact) mass is 152 g/mol. The normalized spacial score (nSPS) is 33.2. The van der Waals surface area contributed by atoms with Gasteiger partial charge >= 0.3 is 0 Å². The first-order chi connectivity index (χ1) is 5.25. The third-order valence-corrected chi connectivity index (χ3v) is 3.07. The number of ether oxygens (including phenoxy) is 1. The molecule has 1 aliphatic carbocycles. The lowest BCUT2D eigenvalue weighted by atomic mass is 9.71. The third kappa shape index (κ3) is 0.943. The first-order valence-electron chi connectivity index (χ1n) is 4.49. The molecule has 0 N–H and O–H groups in total. The quantitative estimate of drug-likeness (QED) is 0.523. The number of rotatable bonds is 1. The van der Waals surface area contributed by atoms with Crippen molar-refractivity contribution in [3.63, 3.8) is 0 Å². The second kappa shape index (κ2) is 2.34. The zero-order chi connectivity index (χ0) is 7.90. The van der Waals surface area contributed by atoms with Crippen molar-refractivity contribution < 1.29 is 4.74 Å². The molecule has 11 heavy (non-hydrogen) atoms. The van der Waals surface area contributed by atoms with E-state index in [0.717, 1.165) is 25.0 Å². The van der Waals surface area contributed by atoms with E-state index in [1.54, 1.807) is 0 Å². The van der Waals surface area contributed by atoms with Gasteiger partial charge in [-0.15, -0.1) is 0 Å². The SMILES string of the molecule is CC(C)C1C=CCC12COC2. The number of allylic oxidation sites excluding steroid dienone is 2. The van der Waals surface area contributed by atoms with Gasteiger partial charge < -0.3 is 4.74 Å². The fourth-order valence-electron chi connectivity index (χ4n) is 2.39. The molecule has 1 saturated heterocycles. The largest absolute Gasteiger partial charge is 0.380 e. The van der Waals surface area contributed by atoms with Crippen LogP contribution in [-0.4, -0.2) is 13.2 Å². The molecular weight excluding hydrogens is 136 g/mol. The van der Waals surface area contributed by atoms with Crippen LogP contribution in [0.4, 0.5) is 0 Å². The van der Waals surface area contributed by atoms with Crippen LogP contribution in [0.2, 0.25) is 0 Å². The lowest BCUT2D eigenvalue weighted by Crippen LogP contribution is -2.47. The molecule has 1 spiro atoms. The molecular formula is C10H16O. The van der Waals surface area contributed by atoms with E-state index in [4.69, 9.17) is 4.74 Å². The van der Waals surface area contributed by atoms with Crippen molar-refractivity contribution in [2.24, 2.45) is 17.3 Å². The topological polar surface area (TPSA) is 9.23 Å².